The maximum atomic E-state index is 11.8. The molecular formula is C15H14N2O4. The molecule has 0 fully saturated rings. The molecular weight excluding hydrogens is 272 g/mol. The molecule has 6 nitrogen and oxygen atoms in total. The highest BCUT2D eigenvalue weighted by molar-refractivity contribution is 5.67. The van der Waals surface area contributed by atoms with E-state index < -0.39 is 17.4 Å². The van der Waals surface area contributed by atoms with Gasteiger partial charge in [-0.15, -0.1) is 0 Å². The summed E-state index contributed by atoms with van der Waals surface area (Å²) in [4.78, 5) is 28.6. The quantitative estimate of drug-likeness (QED) is 0.775. The number of hydrogen-bond donors (Lipinski definition) is 3. The average molecular weight is 286 g/mol. The third-order valence-electron chi connectivity index (χ3n) is 2.83. The van der Waals surface area contributed by atoms with Gasteiger partial charge >= 0.3 is 5.97 Å². The van der Waals surface area contributed by atoms with Gasteiger partial charge in [0.2, 0.25) is 5.88 Å². The predicted octanol–water partition coefficient (Wildman–Crippen LogP) is 1.66. The number of aromatic hydroxyl groups is 1. The van der Waals surface area contributed by atoms with Crippen LogP contribution in [0.15, 0.2) is 35.1 Å². The molecule has 0 amide bonds. The smallest absolute Gasteiger partial charge is 0.303 e. The number of hydrogen-bond acceptors (Lipinski definition) is 4. The fourth-order valence-corrected chi connectivity index (χ4v) is 1.78. The van der Waals surface area contributed by atoms with E-state index in [2.05, 4.69) is 9.97 Å². The van der Waals surface area contributed by atoms with Gasteiger partial charge in [0.25, 0.3) is 5.56 Å². The van der Waals surface area contributed by atoms with Gasteiger partial charge < -0.3 is 15.2 Å². The van der Waals surface area contributed by atoms with Gasteiger partial charge in [0.1, 0.15) is 5.82 Å². The highest BCUT2D eigenvalue weighted by atomic mass is 16.4. The molecule has 1 aromatic carbocycles. The predicted molar refractivity (Wildman–Crippen MR) is 77.8 cm³/mol. The second-order valence-electron chi connectivity index (χ2n) is 4.39. The SMILES string of the molecule is O=C(O)CCc1c(O)nc(/C=C/c2ccccc2)[nH]c1=O. The van der Waals surface area contributed by atoms with Crippen LogP contribution in [-0.2, 0) is 11.2 Å². The Hall–Kier alpha value is -2.89. The van der Waals surface area contributed by atoms with E-state index in [1.54, 1.807) is 12.2 Å². The molecule has 0 spiro atoms. The number of aromatic nitrogens is 2. The van der Waals surface area contributed by atoms with Crippen molar-refractivity contribution in [2.24, 2.45) is 0 Å². The van der Waals surface area contributed by atoms with Crippen LogP contribution in [0.25, 0.3) is 12.2 Å². The van der Waals surface area contributed by atoms with Crippen molar-refractivity contribution in [2.45, 2.75) is 12.8 Å². The fraction of sp³-hybridized carbons (Fsp3) is 0.133. The molecule has 0 aliphatic carbocycles. The minimum absolute atomic E-state index is 0.0192. The summed E-state index contributed by atoms with van der Waals surface area (Å²) in [5, 5.41) is 18.3. The highest BCUT2D eigenvalue weighted by Crippen LogP contribution is 2.12. The number of nitrogens with zero attached hydrogens (tertiary/aromatic N) is 1. The molecule has 0 atom stereocenters. The third kappa shape index (κ3) is 4.04. The summed E-state index contributed by atoms with van der Waals surface area (Å²) in [7, 11) is 0. The first kappa shape index (κ1) is 14.5. The lowest BCUT2D eigenvalue weighted by Gasteiger charge is -2.02. The van der Waals surface area contributed by atoms with E-state index in [1.807, 2.05) is 30.3 Å². The molecule has 1 aromatic heterocycles. The molecule has 0 unspecified atom stereocenters. The normalized spacial score (nSPS) is 10.9. The van der Waals surface area contributed by atoms with Crippen molar-refractivity contribution in [1.29, 1.82) is 0 Å². The first-order valence-electron chi connectivity index (χ1n) is 6.33. The zero-order chi connectivity index (χ0) is 15.2. The highest BCUT2D eigenvalue weighted by Gasteiger charge is 2.11. The van der Waals surface area contributed by atoms with Crippen molar-refractivity contribution in [1.82, 2.24) is 9.97 Å². The molecule has 0 radical (unpaired) electrons. The lowest BCUT2D eigenvalue weighted by molar-refractivity contribution is -0.136. The molecule has 21 heavy (non-hydrogen) atoms. The molecule has 1 heterocycles. The van der Waals surface area contributed by atoms with Crippen LogP contribution < -0.4 is 5.56 Å². The van der Waals surface area contributed by atoms with Crippen LogP contribution in [0.3, 0.4) is 0 Å². The van der Waals surface area contributed by atoms with E-state index in [0.717, 1.165) is 5.56 Å². The molecule has 0 saturated heterocycles. The Morgan fingerprint density at radius 2 is 1.95 bits per heavy atom. The molecule has 0 aliphatic rings. The summed E-state index contributed by atoms with van der Waals surface area (Å²) in [5.74, 6) is -1.27. The second kappa shape index (κ2) is 6.51. The number of nitrogens with one attached hydrogen (secondary N) is 1. The molecule has 2 rings (SSSR count). The minimum Gasteiger partial charge on any atom is -0.493 e. The number of carboxylic acid groups (broad SMARTS) is 1. The first-order valence-corrected chi connectivity index (χ1v) is 6.33. The summed E-state index contributed by atoms with van der Waals surface area (Å²) >= 11 is 0. The third-order valence-corrected chi connectivity index (χ3v) is 2.83. The number of rotatable bonds is 5. The molecule has 2 aromatic rings. The maximum Gasteiger partial charge on any atom is 0.303 e. The van der Waals surface area contributed by atoms with Crippen molar-refractivity contribution in [3.8, 4) is 5.88 Å². The summed E-state index contributed by atoms with van der Waals surface area (Å²) in [6.45, 7) is 0. The van der Waals surface area contributed by atoms with Gasteiger partial charge in [-0.25, -0.2) is 0 Å². The summed E-state index contributed by atoms with van der Waals surface area (Å²) < 4.78 is 0. The fourth-order valence-electron chi connectivity index (χ4n) is 1.78. The van der Waals surface area contributed by atoms with Crippen molar-refractivity contribution in [3.05, 3.63) is 57.6 Å². The largest absolute Gasteiger partial charge is 0.493 e. The van der Waals surface area contributed by atoms with Crippen molar-refractivity contribution < 1.29 is 15.0 Å². The monoisotopic (exact) mass is 286 g/mol. The van der Waals surface area contributed by atoms with E-state index in [-0.39, 0.29) is 24.2 Å². The average Bonchev–Trinajstić information content (AvgIpc) is 2.45. The Bertz CT molecular complexity index is 720. The molecule has 0 aliphatic heterocycles. The van der Waals surface area contributed by atoms with Gasteiger partial charge in [0.15, 0.2) is 0 Å². The Morgan fingerprint density at radius 3 is 2.57 bits per heavy atom. The number of aromatic amines is 1. The van der Waals surface area contributed by atoms with E-state index in [1.165, 1.54) is 0 Å². The van der Waals surface area contributed by atoms with Gasteiger partial charge in [0.05, 0.1) is 5.56 Å². The van der Waals surface area contributed by atoms with Crippen LogP contribution in [0, 0.1) is 0 Å². The van der Waals surface area contributed by atoms with Crippen molar-refractivity contribution in [3.63, 3.8) is 0 Å². The second-order valence-corrected chi connectivity index (χ2v) is 4.39. The van der Waals surface area contributed by atoms with Crippen LogP contribution in [0.2, 0.25) is 0 Å². The van der Waals surface area contributed by atoms with Gasteiger partial charge in [-0.2, -0.15) is 4.98 Å². The van der Waals surface area contributed by atoms with E-state index in [9.17, 15) is 14.7 Å². The Morgan fingerprint density at radius 1 is 1.24 bits per heavy atom. The zero-order valence-corrected chi connectivity index (χ0v) is 11.1. The van der Waals surface area contributed by atoms with Crippen molar-refractivity contribution >= 4 is 18.1 Å². The van der Waals surface area contributed by atoms with Crippen LogP contribution in [0.1, 0.15) is 23.4 Å². The van der Waals surface area contributed by atoms with Gasteiger partial charge in [-0.3, -0.25) is 9.59 Å². The molecule has 108 valence electrons. The van der Waals surface area contributed by atoms with Crippen LogP contribution >= 0.6 is 0 Å². The van der Waals surface area contributed by atoms with Gasteiger partial charge in [-0.1, -0.05) is 36.4 Å². The molecule has 6 heteroatoms. The summed E-state index contributed by atoms with van der Waals surface area (Å²) in [6, 6.07) is 9.41. The van der Waals surface area contributed by atoms with Crippen LogP contribution in [0.5, 0.6) is 5.88 Å². The number of aliphatic carboxylic acids is 1. The number of carboxylic acids is 1. The summed E-state index contributed by atoms with van der Waals surface area (Å²) in [5.41, 5.74) is 0.375. The van der Waals surface area contributed by atoms with Gasteiger partial charge in [0, 0.05) is 6.42 Å². The van der Waals surface area contributed by atoms with Crippen LogP contribution in [-0.4, -0.2) is 26.2 Å². The Balaban J connectivity index is 2.22. The molecule has 0 bridgehead atoms. The maximum absolute atomic E-state index is 11.8. The standard InChI is InChI=1S/C15H14N2O4/c18-13(19)9-7-11-14(20)16-12(17-15(11)21)8-6-10-4-2-1-3-5-10/h1-6,8H,7,9H2,(H,18,19)(H2,16,17,20,21)/b8-6+. The van der Waals surface area contributed by atoms with Crippen LogP contribution in [0.4, 0.5) is 0 Å². The topological polar surface area (TPSA) is 103 Å². The zero-order valence-electron chi connectivity index (χ0n) is 11.1. The van der Waals surface area contributed by atoms with E-state index >= 15 is 0 Å². The van der Waals surface area contributed by atoms with E-state index in [4.69, 9.17) is 5.11 Å². The summed E-state index contributed by atoms with van der Waals surface area (Å²) in [6.07, 6.45) is 3.01. The number of H-pyrrole nitrogens is 1. The Kier molecular flexibility index (Phi) is 4.50. The minimum atomic E-state index is -1.04. The van der Waals surface area contributed by atoms with E-state index in [0.29, 0.717) is 0 Å². The lowest BCUT2D eigenvalue weighted by atomic mass is 10.2. The van der Waals surface area contributed by atoms with Gasteiger partial charge in [-0.05, 0) is 18.1 Å². The molecule has 0 saturated carbocycles. The van der Waals surface area contributed by atoms with Crippen molar-refractivity contribution in [2.75, 3.05) is 0 Å². The Labute approximate surface area is 120 Å². The lowest BCUT2D eigenvalue weighted by Crippen LogP contribution is -2.16. The molecule has 3 N–H and O–H groups in total. The number of carbonyl (C=O) groups is 1. The first-order chi connectivity index (χ1) is 10.1. The number of benzene rings is 1.